The molecular formula is C50H31NO2. The van der Waals surface area contributed by atoms with Gasteiger partial charge in [0.15, 0.2) is 0 Å². The quantitative estimate of drug-likeness (QED) is 0.170. The summed E-state index contributed by atoms with van der Waals surface area (Å²) in [4.78, 5) is 2.38. The van der Waals surface area contributed by atoms with Crippen LogP contribution in [-0.2, 0) is 0 Å². The fourth-order valence-corrected chi connectivity index (χ4v) is 8.16. The van der Waals surface area contributed by atoms with Gasteiger partial charge >= 0.3 is 0 Å². The van der Waals surface area contributed by atoms with Crippen LogP contribution in [0.4, 0.5) is 17.1 Å². The van der Waals surface area contributed by atoms with Crippen LogP contribution in [0.5, 0.6) is 0 Å². The van der Waals surface area contributed by atoms with E-state index in [1.807, 2.05) is 24.3 Å². The van der Waals surface area contributed by atoms with Crippen molar-refractivity contribution in [3.8, 4) is 22.3 Å². The summed E-state index contributed by atoms with van der Waals surface area (Å²) in [5, 5.41) is 9.17. The van der Waals surface area contributed by atoms with Gasteiger partial charge in [-0.1, -0.05) is 127 Å². The first kappa shape index (κ1) is 29.6. The molecule has 0 radical (unpaired) electrons. The zero-order valence-corrected chi connectivity index (χ0v) is 28.7. The molecule has 0 aliphatic heterocycles. The minimum Gasteiger partial charge on any atom is -0.456 e. The van der Waals surface area contributed by atoms with Crippen LogP contribution in [0.2, 0.25) is 0 Å². The molecule has 0 saturated heterocycles. The van der Waals surface area contributed by atoms with Crippen molar-refractivity contribution in [3.63, 3.8) is 0 Å². The zero-order chi connectivity index (χ0) is 34.9. The van der Waals surface area contributed by atoms with Crippen LogP contribution in [0, 0.1) is 0 Å². The van der Waals surface area contributed by atoms with E-state index >= 15 is 0 Å². The Balaban J connectivity index is 1.13. The second kappa shape index (κ2) is 11.7. The van der Waals surface area contributed by atoms with Gasteiger partial charge in [0.1, 0.15) is 22.3 Å². The summed E-state index contributed by atoms with van der Waals surface area (Å²) in [6, 6.07) is 66.9. The molecule has 53 heavy (non-hydrogen) atoms. The summed E-state index contributed by atoms with van der Waals surface area (Å²) >= 11 is 0. The number of rotatable bonds is 5. The maximum absolute atomic E-state index is 6.41. The van der Waals surface area contributed by atoms with Crippen molar-refractivity contribution in [2.45, 2.75) is 0 Å². The molecule has 0 amide bonds. The van der Waals surface area contributed by atoms with Crippen LogP contribution < -0.4 is 4.90 Å². The molecule has 0 aliphatic rings. The van der Waals surface area contributed by atoms with Crippen molar-refractivity contribution in [2.75, 3.05) is 4.90 Å². The Bertz CT molecular complexity index is 3170. The number of benzene rings is 9. The summed E-state index contributed by atoms with van der Waals surface area (Å²) in [5.74, 6) is 0. The predicted molar refractivity (Wildman–Crippen MR) is 222 cm³/mol. The van der Waals surface area contributed by atoms with Gasteiger partial charge in [0, 0.05) is 27.5 Å². The second-order valence-corrected chi connectivity index (χ2v) is 13.7. The van der Waals surface area contributed by atoms with E-state index in [2.05, 4.69) is 169 Å². The molecule has 248 valence electrons. The molecule has 0 atom stereocenters. The van der Waals surface area contributed by atoms with Crippen LogP contribution >= 0.6 is 0 Å². The number of anilines is 3. The van der Waals surface area contributed by atoms with Gasteiger partial charge in [-0.25, -0.2) is 0 Å². The Morgan fingerprint density at radius 1 is 0.321 bits per heavy atom. The van der Waals surface area contributed by atoms with E-state index in [1.165, 1.54) is 38.4 Å². The molecule has 0 saturated carbocycles. The Morgan fingerprint density at radius 2 is 0.906 bits per heavy atom. The Hall–Kier alpha value is -7.10. The van der Waals surface area contributed by atoms with E-state index in [0.717, 1.165) is 66.3 Å². The number of para-hydroxylation sites is 2. The molecule has 0 fully saturated rings. The molecule has 0 aliphatic carbocycles. The lowest BCUT2D eigenvalue weighted by atomic mass is 9.94. The lowest BCUT2D eigenvalue weighted by molar-refractivity contribution is 0.669. The van der Waals surface area contributed by atoms with E-state index in [-0.39, 0.29) is 0 Å². The third-order valence-electron chi connectivity index (χ3n) is 10.6. The third kappa shape index (κ3) is 4.75. The van der Waals surface area contributed by atoms with Gasteiger partial charge in [-0.2, -0.15) is 0 Å². The maximum atomic E-state index is 6.41. The summed E-state index contributed by atoms with van der Waals surface area (Å²) in [6.45, 7) is 0. The van der Waals surface area contributed by atoms with E-state index < -0.39 is 0 Å². The molecule has 0 N–H and O–H groups in total. The van der Waals surface area contributed by atoms with Gasteiger partial charge < -0.3 is 13.7 Å². The number of hydrogen-bond acceptors (Lipinski definition) is 3. The van der Waals surface area contributed by atoms with Gasteiger partial charge in [-0.05, 0) is 104 Å². The van der Waals surface area contributed by atoms with E-state index in [4.69, 9.17) is 8.83 Å². The van der Waals surface area contributed by atoms with Crippen LogP contribution in [0.1, 0.15) is 0 Å². The number of fused-ring (bicyclic) bond motifs is 9. The highest BCUT2D eigenvalue weighted by Gasteiger charge is 2.21. The Kier molecular flexibility index (Phi) is 6.55. The van der Waals surface area contributed by atoms with Gasteiger partial charge in [-0.3, -0.25) is 0 Å². The predicted octanol–water partition coefficient (Wildman–Crippen LogP) is 14.6. The van der Waals surface area contributed by atoms with Crippen molar-refractivity contribution in [3.05, 3.63) is 188 Å². The molecule has 2 heterocycles. The number of hydrogen-bond donors (Lipinski definition) is 0. The topological polar surface area (TPSA) is 29.5 Å². The summed E-state index contributed by atoms with van der Waals surface area (Å²) in [5.41, 5.74) is 11.5. The number of furan rings is 2. The molecule has 0 unspecified atom stereocenters. The van der Waals surface area contributed by atoms with Crippen molar-refractivity contribution >= 4 is 82.5 Å². The largest absolute Gasteiger partial charge is 0.456 e. The molecule has 9 aromatic carbocycles. The lowest BCUT2D eigenvalue weighted by Gasteiger charge is -2.27. The van der Waals surface area contributed by atoms with Crippen molar-refractivity contribution in [1.82, 2.24) is 0 Å². The van der Waals surface area contributed by atoms with Crippen molar-refractivity contribution in [2.24, 2.45) is 0 Å². The smallest absolute Gasteiger partial charge is 0.137 e. The SMILES string of the molecule is c1ccc(-c2ccccc2-c2ccc(N(c3ccc4ccc5cc6oc7ccccc7c6cc5c4c3)c3cccc4oc5ccccc5c34)cc2)cc1. The minimum atomic E-state index is 0.863. The van der Waals surface area contributed by atoms with Gasteiger partial charge in [0.2, 0.25) is 0 Å². The van der Waals surface area contributed by atoms with E-state index in [1.54, 1.807) is 0 Å². The molecule has 11 rings (SSSR count). The van der Waals surface area contributed by atoms with Crippen LogP contribution in [0.3, 0.4) is 0 Å². The first-order valence-electron chi connectivity index (χ1n) is 18.0. The highest BCUT2D eigenvalue weighted by atomic mass is 16.3. The van der Waals surface area contributed by atoms with E-state index in [0.29, 0.717) is 0 Å². The second-order valence-electron chi connectivity index (χ2n) is 13.7. The standard InChI is InChI=1S/C50H31NO2/c1-2-11-32(12-3-1)38-13-4-5-14-39(38)33-23-26-36(27-24-33)51(45-17-10-20-48-50(45)41-16-7-9-19-47(41)52-48)37-28-25-34-21-22-35-29-49-44(31-43(35)42(34)30-37)40-15-6-8-18-46(40)53-49/h1-31H. The maximum Gasteiger partial charge on any atom is 0.137 e. The normalized spacial score (nSPS) is 11.8. The first-order valence-corrected chi connectivity index (χ1v) is 18.0. The van der Waals surface area contributed by atoms with Crippen molar-refractivity contribution in [1.29, 1.82) is 0 Å². The zero-order valence-electron chi connectivity index (χ0n) is 28.7. The van der Waals surface area contributed by atoms with Gasteiger partial charge in [0.25, 0.3) is 0 Å². The molecule has 0 spiro atoms. The molecule has 3 heteroatoms. The van der Waals surface area contributed by atoms with E-state index in [9.17, 15) is 0 Å². The first-order chi connectivity index (χ1) is 26.3. The lowest BCUT2D eigenvalue weighted by Crippen LogP contribution is -2.10. The highest BCUT2D eigenvalue weighted by molar-refractivity contribution is 6.18. The molecule has 2 aromatic heterocycles. The van der Waals surface area contributed by atoms with Crippen LogP contribution in [0.25, 0.3) is 87.7 Å². The Labute approximate surface area is 305 Å². The molecule has 3 nitrogen and oxygen atoms in total. The summed E-state index contributed by atoms with van der Waals surface area (Å²) < 4.78 is 12.7. The minimum absolute atomic E-state index is 0.863. The molecular weight excluding hydrogens is 647 g/mol. The van der Waals surface area contributed by atoms with Crippen molar-refractivity contribution < 1.29 is 8.83 Å². The molecule has 11 aromatic rings. The average Bonchev–Trinajstić information content (AvgIpc) is 3.79. The van der Waals surface area contributed by atoms with Gasteiger partial charge in [0.05, 0.1) is 11.1 Å². The monoisotopic (exact) mass is 677 g/mol. The average molecular weight is 678 g/mol. The fraction of sp³-hybridized carbons (Fsp3) is 0. The number of nitrogens with zero attached hydrogens (tertiary/aromatic N) is 1. The summed E-state index contributed by atoms with van der Waals surface area (Å²) in [6.07, 6.45) is 0. The Morgan fingerprint density at radius 3 is 1.72 bits per heavy atom. The van der Waals surface area contributed by atoms with Crippen LogP contribution in [0.15, 0.2) is 197 Å². The third-order valence-corrected chi connectivity index (χ3v) is 10.6. The van der Waals surface area contributed by atoms with Gasteiger partial charge in [-0.15, -0.1) is 0 Å². The molecule has 0 bridgehead atoms. The summed E-state index contributed by atoms with van der Waals surface area (Å²) in [7, 11) is 0. The highest BCUT2D eigenvalue weighted by Crippen LogP contribution is 2.45. The fourth-order valence-electron chi connectivity index (χ4n) is 8.16. The van der Waals surface area contributed by atoms with Crippen LogP contribution in [-0.4, -0.2) is 0 Å².